The Bertz CT molecular complexity index is 564. The molecule has 0 aliphatic rings. The molecule has 0 fully saturated rings. The molecule has 90 valence electrons. The van der Waals surface area contributed by atoms with Crippen LogP contribution < -0.4 is 0 Å². The van der Waals surface area contributed by atoms with Crippen LogP contribution in [-0.2, 0) is 0 Å². The van der Waals surface area contributed by atoms with Crippen molar-refractivity contribution in [2.45, 2.75) is 13.0 Å². The number of nitrogens with zero attached hydrogens (tertiary/aromatic N) is 1. The average Bonchev–Trinajstić information content (AvgIpc) is 2.46. The van der Waals surface area contributed by atoms with Gasteiger partial charge in [-0.15, -0.1) is 0 Å². The van der Waals surface area contributed by atoms with Crippen LogP contribution in [0.1, 0.15) is 34.5 Å². The predicted molar refractivity (Wildman–Crippen MR) is 70.5 cm³/mol. The number of carbonyl (C=O) groups excluding carboxylic acids is 1. The highest BCUT2D eigenvalue weighted by Crippen LogP contribution is 2.23. The number of nitroso groups, excluding NO2 is 1. The molecule has 1 atom stereocenters. The van der Waals surface area contributed by atoms with Crippen LogP contribution in [-0.4, -0.2) is 5.78 Å². The summed E-state index contributed by atoms with van der Waals surface area (Å²) in [6.45, 7) is 1.68. The van der Waals surface area contributed by atoms with Crippen molar-refractivity contribution in [3.63, 3.8) is 0 Å². The SMILES string of the molecule is CC(N=O)c1ccccc1C(=O)c1ccccc1. The number of carbonyl (C=O) groups is 1. The van der Waals surface area contributed by atoms with Gasteiger partial charge >= 0.3 is 0 Å². The van der Waals surface area contributed by atoms with Crippen LogP contribution in [0.3, 0.4) is 0 Å². The molecule has 0 saturated heterocycles. The summed E-state index contributed by atoms with van der Waals surface area (Å²) in [4.78, 5) is 23.0. The zero-order chi connectivity index (χ0) is 13.0. The van der Waals surface area contributed by atoms with Gasteiger partial charge in [0.1, 0.15) is 6.04 Å². The summed E-state index contributed by atoms with van der Waals surface area (Å²) in [5.74, 6) is -0.0818. The lowest BCUT2D eigenvalue weighted by molar-refractivity contribution is 0.103. The van der Waals surface area contributed by atoms with Gasteiger partial charge in [0.2, 0.25) is 0 Å². The summed E-state index contributed by atoms with van der Waals surface area (Å²) in [5.41, 5.74) is 1.82. The Morgan fingerprint density at radius 1 is 1.00 bits per heavy atom. The first-order valence-electron chi connectivity index (χ1n) is 5.75. The Morgan fingerprint density at radius 2 is 1.61 bits per heavy atom. The van der Waals surface area contributed by atoms with Gasteiger partial charge in [0.25, 0.3) is 0 Å². The molecule has 0 aromatic heterocycles. The molecule has 0 spiro atoms. The van der Waals surface area contributed by atoms with Crippen molar-refractivity contribution >= 4 is 5.78 Å². The van der Waals surface area contributed by atoms with Crippen molar-refractivity contribution in [2.75, 3.05) is 0 Å². The van der Waals surface area contributed by atoms with E-state index in [1.807, 2.05) is 18.2 Å². The van der Waals surface area contributed by atoms with Gasteiger partial charge in [-0.3, -0.25) is 4.79 Å². The van der Waals surface area contributed by atoms with Crippen molar-refractivity contribution in [2.24, 2.45) is 5.18 Å². The molecule has 3 nitrogen and oxygen atoms in total. The fourth-order valence-corrected chi connectivity index (χ4v) is 1.87. The Kier molecular flexibility index (Phi) is 3.63. The van der Waals surface area contributed by atoms with Crippen molar-refractivity contribution in [3.05, 3.63) is 76.2 Å². The van der Waals surface area contributed by atoms with Gasteiger partial charge in [0.05, 0.1) is 0 Å². The van der Waals surface area contributed by atoms with Gasteiger partial charge < -0.3 is 0 Å². The highest BCUT2D eigenvalue weighted by atomic mass is 16.3. The van der Waals surface area contributed by atoms with Crippen LogP contribution in [0.25, 0.3) is 0 Å². The number of ketones is 1. The van der Waals surface area contributed by atoms with Crippen LogP contribution in [0.2, 0.25) is 0 Å². The van der Waals surface area contributed by atoms with E-state index in [9.17, 15) is 9.70 Å². The second kappa shape index (κ2) is 5.36. The maximum absolute atomic E-state index is 12.3. The molecule has 2 aromatic carbocycles. The first-order valence-corrected chi connectivity index (χ1v) is 5.75. The molecule has 2 aromatic rings. The maximum atomic E-state index is 12.3. The Labute approximate surface area is 105 Å². The Morgan fingerprint density at radius 3 is 2.28 bits per heavy atom. The first-order chi connectivity index (χ1) is 8.74. The molecule has 0 N–H and O–H groups in total. The monoisotopic (exact) mass is 239 g/mol. The van der Waals surface area contributed by atoms with Gasteiger partial charge in [0.15, 0.2) is 5.78 Å². The van der Waals surface area contributed by atoms with E-state index in [-0.39, 0.29) is 5.78 Å². The molecule has 0 aliphatic heterocycles. The van der Waals surface area contributed by atoms with Crippen molar-refractivity contribution in [3.8, 4) is 0 Å². The molecule has 18 heavy (non-hydrogen) atoms. The third-order valence-electron chi connectivity index (χ3n) is 2.85. The molecule has 3 heteroatoms. The summed E-state index contributed by atoms with van der Waals surface area (Å²) in [5, 5.41) is 2.99. The van der Waals surface area contributed by atoms with Crippen molar-refractivity contribution in [1.82, 2.24) is 0 Å². The third kappa shape index (κ3) is 2.35. The largest absolute Gasteiger partial charge is 0.289 e. The molecule has 0 amide bonds. The first kappa shape index (κ1) is 12.2. The third-order valence-corrected chi connectivity index (χ3v) is 2.85. The molecule has 0 radical (unpaired) electrons. The molecule has 1 unspecified atom stereocenters. The normalized spacial score (nSPS) is 11.8. The van der Waals surface area contributed by atoms with E-state index in [1.54, 1.807) is 43.3 Å². The number of rotatable bonds is 4. The van der Waals surface area contributed by atoms with Gasteiger partial charge in [-0.05, 0) is 12.5 Å². The zero-order valence-corrected chi connectivity index (χ0v) is 10.0. The standard InChI is InChI=1S/C15H13NO2/c1-11(16-18)13-9-5-6-10-14(13)15(17)12-7-3-2-4-8-12/h2-11H,1H3. The van der Waals surface area contributed by atoms with Gasteiger partial charge in [0, 0.05) is 11.1 Å². The minimum absolute atomic E-state index is 0.0818. The smallest absolute Gasteiger partial charge is 0.193 e. The van der Waals surface area contributed by atoms with Crippen LogP contribution in [0, 0.1) is 4.91 Å². The maximum Gasteiger partial charge on any atom is 0.193 e. The summed E-state index contributed by atoms with van der Waals surface area (Å²) < 4.78 is 0. The number of hydrogen-bond donors (Lipinski definition) is 0. The Balaban J connectivity index is 2.46. The topological polar surface area (TPSA) is 46.5 Å². The minimum atomic E-state index is -0.520. The molecule has 2 rings (SSSR count). The van der Waals surface area contributed by atoms with Crippen LogP contribution >= 0.6 is 0 Å². The second-order valence-electron chi connectivity index (χ2n) is 4.06. The summed E-state index contributed by atoms with van der Waals surface area (Å²) in [6.07, 6.45) is 0. The second-order valence-corrected chi connectivity index (χ2v) is 4.06. The lowest BCUT2D eigenvalue weighted by Gasteiger charge is -2.09. The van der Waals surface area contributed by atoms with Gasteiger partial charge in [-0.1, -0.05) is 59.8 Å². The molecular formula is C15H13NO2. The van der Waals surface area contributed by atoms with E-state index >= 15 is 0 Å². The van der Waals surface area contributed by atoms with Crippen molar-refractivity contribution < 1.29 is 4.79 Å². The Hall–Kier alpha value is -2.29. The van der Waals surface area contributed by atoms with E-state index < -0.39 is 6.04 Å². The van der Waals surface area contributed by atoms with E-state index in [2.05, 4.69) is 5.18 Å². The molecule has 0 bridgehead atoms. The fraction of sp³-hybridized carbons (Fsp3) is 0.133. The quantitative estimate of drug-likeness (QED) is 0.602. The molecule has 0 aliphatic carbocycles. The average molecular weight is 239 g/mol. The van der Waals surface area contributed by atoms with E-state index in [4.69, 9.17) is 0 Å². The highest BCUT2D eigenvalue weighted by Gasteiger charge is 2.16. The number of benzene rings is 2. The van der Waals surface area contributed by atoms with Crippen LogP contribution in [0.15, 0.2) is 59.8 Å². The van der Waals surface area contributed by atoms with Crippen LogP contribution in [0.4, 0.5) is 0 Å². The van der Waals surface area contributed by atoms with Crippen LogP contribution in [0.5, 0.6) is 0 Å². The minimum Gasteiger partial charge on any atom is -0.289 e. The fourth-order valence-electron chi connectivity index (χ4n) is 1.87. The van der Waals surface area contributed by atoms with Gasteiger partial charge in [-0.2, -0.15) is 4.91 Å². The lowest BCUT2D eigenvalue weighted by Crippen LogP contribution is -2.06. The van der Waals surface area contributed by atoms with E-state index in [1.165, 1.54) is 0 Å². The van der Waals surface area contributed by atoms with E-state index in [0.29, 0.717) is 16.7 Å². The summed E-state index contributed by atoms with van der Waals surface area (Å²) in [7, 11) is 0. The lowest BCUT2D eigenvalue weighted by atomic mass is 9.95. The van der Waals surface area contributed by atoms with E-state index in [0.717, 1.165) is 0 Å². The molecule has 0 heterocycles. The summed E-state index contributed by atoms with van der Waals surface area (Å²) >= 11 is 0. The molecule has 0 saturated carbocycles. The molecular weight excluding hydrogens is 226 g/mol. The predicted octanol–water partition coefficient (Wildman–Crippen LogP) is 3.75. The zero-order valence-electron chi connectivity index (χ0n) is 10.0. The summed E-state index contributed by atoms with van der Waals surface area (Å²) in [6, 6.07) is 15.6. The van der Waals surface area contributed by atoms with Crippen molar-refractivity contribution in [1.29, 1.82) is 0 Å². The number of hydrogen-bond acceptors (Lipinski definition) is 3. The van der Waals surface area contributed by atoms with Gasteiger partial charge in [-0.25, -0.2) is 0 Å². The highest BCUT2D eigenvalue weighted by molar-refractivity contribution is 6.09.